The molecule has 0 saturated carbocycles. The molecule has 3 nitrogen and oxygen atoms in total. The van der Waals surface area contributed by atoms with Crippen LogP contribution in [-0.4, -0.2) is 18.6 Å². The quantitative estimate of drug-likeness (QED) is 0.830. The first-order valence-electron chi connectivity index (χ1n) is 6.46. The first kappa shape index (κ1) is 15.2. The van der Waals surface area contributed by atoms with Gasteiger partial charge in [0.25, 0.3) is 5.91 Å². The number of alkyl halides is 3. The van der Waals surface area contributed by atoms with Crippen LogP contribution >= 0.6 is 0 Å². The number of anilines is 1. The molecule has 2 rings (SSSR count). The van der Waals surface area contributed by atoms with Gasteiger partial charge in [-0.1, -0.05) is 31.2 Å². The van der Waals surface area contributed by atoms with Crippen molar-refractivity contribution in [3.63, 3.8) is 0 Å². The van der Waals surface area contributed by atoms with Gasteiger partial charge in [-0.3, -0.25) is 4.79 Å². The minimum atomic E-state index is -3.75. The maximum Gasteiger partial charge on any atom is 0.351 e. The Bertz CT molecular complexity index is 686. The summed E-state index contributed by atoms with van der Waals surface area (Å²) in [5.74, 6) is -0.835. The Hall–Kier alpha value is -2.24. The van der Waals surface area contributed by atoms with E-state index in [4.69, 9.17) is 5.73 Å². The highest BCUT2D eigenvalue weighted by atomic mass is 19.3. The summed E-state index contributed by atoms with van der Waals surface area (Å²) in [6.45, 7) is -0.116. The van der Waals surface area contributed by atoms with Crippen molar-refractivity contribution in [3.8, 4) is 0 Å². The Balaban J connectivity index is 2.76. The van der Waals surface area contributed by atoms with Crippen molar-refractivity contribution < 1.29 is 18.0 Å². The van der Waals surface area contributed by atoms with E-state index in [9.17, 15) is 18.0 Å². The molecule has 0 fully saturated rings. The van der Waals surface area contributed by atoms with Crippen LogP contribution in [0.2, 0.25) is 0 Å². The Morgan fingerprint density at radius 2 is 2.00 bits per heavy atom. The van der Waals surface area contributed by atoms with Gasteiger partial charge in [-0.15, -0.1) is 0 Å². The third kappa shape index (κ3) is 2.94. The number of aryl methyl sites for hydroxylation is 1. The molecule has 0 saturated heterocycles. The van der Waals surface area contributed by atoms with Crippen molar-refractivity contribution in [3.05, 3.63) is 41.5 Å². The summed E-state index contributed by atoms with van der Waals surface area (Å²) >= 11 is 0. The summed E-state index contributed by atoms with van der Waals surface area (Å²) < 4.78 is 39.1. The summed E-state index contributed by atoms with van der Waals surface area (Å²) in [4.78, 5) is 11.7. The maximum atomic E-state index is 13.4. The second-order valence-electron chi connectivity index (χ2n) is 4.69. The number of hydrogen-bond donors (Lipinski definition) is 2. The highest BCUT2D eigenvalue weighted by molar-refractivity contribution is 6.12. The second kappa shape index (κ2) is 5.63. The molecule has 21 heavy (non-hydrogen) atoms. The average Bonchev–Trinajstić information content (AvgIpc) is 2.45. The molecule has 0 radical (unpaired) electrons. The predicted molar refractivity (Wildman–Crippen MR) is 76.4 cm³/mol. The van der Waals surface area contributed by atoms with Gasteiger partial charge < -0.3 is 11.1 Å². The molecule has 0 aromatic heterocycles. The van der Waals surface area contributed by atoms with Gasteiger partial charge in [-0.25, -0.2) is 4.39 Å². The molecule has 2 aromatic carbocycles. The average molecular weight is 296 g/mol. The molecule has 3 N–H and O–H groups in total. The largest absolute Gasteiger partial charge is 0.366 e. The van der Waals surface area contributed by atoms with Gasteiger partial charge in [0.2, 0.25) is 0 Å². The minimum absolute atomic E-state index is 0.0434. The van der Waals surface area contributed by atoms with Gasteiger partial charge in [0, 0.05) is 0 Å². The van der Waals surface area contributed by atoms with Crippen molar-refractivity contribution in [2.75, 3.05) is 12.0 Å². The molecule has 1 amide bonds. The maximum absolute atomic E-state index is 13.4. The summed E-state index contributed by atoms with van der Waals surface area (Å²) in [5, 5.41) is 3.00. The minimum Gasteiger partial charge on any atom is -0.366 e. The number of fused-ring (bicyclic) bond motifs is 1. The molecule has 0 aliphatic carbocycles. The van der Waals surface area contributed by atoms with Crippen LogP contribution in [0.1, 0.15) is 22.8 Å². The smallest absolute Gasteiger partial charge is 0.351 e. The van der Waals surface area contributed by atoms with E-state index in [1.165, 1.54) is 0 Å². The molecule has 112 valence electrons. The van der Waals surface area contributed by atoms with Crippen molar-refractivity contribution in [2.45, 2.75) is 19.4 Å². The van der Waals surface area contributed by atoms with Crippen molar-refractivity contribution in [1.82, 2.24) is 0 Å². The number of halogens is 3. The first-order valence-corrected chi connectivity index (χ1v) is 6.46. The summed E-state index contributed by atoms with van der Waals surface area (Å²) in [5.41, 5.74) is 5.68. The van der Waals surface area contributed by atoms with E-state index in [1.807, 2.05) is 5.32 Å². The van der Waals surface area contributed by atoms with Gasteiger partial charge in [-0.2, -0.15) is 8.78 Å². The molecule has 0 heterocycles. The third-order valence-corrected chi connectivity index (χ3v) is 3.23. The van der Waals surface area contributed by atoms with E-state index in [1.54, 1.807) is 37.3 Å². The zero-order valence-electron chi connectivity index (χ0n) is 11.4. The van der Waals surface area contributed by atoms with E-state index >= 15 is 0 Å². The molecule has 0 unspecified atom stereocenters. The van der Waals surface area contributed by atoms with Gasteiger partial charge in [0.1, 0.15) is 0 Å². The van der Waals surface area contributed by atoms with Gasteiger partial charge in [0.05, 0.1) is 11.3 Å². The lowest BCUT2D eigenvalue weighted by Crippen LogP contribution is -2.32. The van der Waals surface area contributed by atoms with Crippen LogP contribution in [0.25, 0.3) is 10.8 Å². The number of carbonyl (C=O) groups is 1. The number of rotatable bonds is 5. The molecule has 6 heteroatoms. The number of benzene rings is 2. The lowest BCUT2D eigenvalue weighted by Gasteiger charge is -2.21. The molecule has 2 aromatic rings. The molecule has 0 bridgehead atoms. The predicted octanol–water partition coefficient (Wildman–Crippen LogP) is 3.48. The van der Waals surface area contributed by atoms with Crippen LogP contribution in [0, 0.1) is 0 Å². The van der Waals surface area contributed by atoms with Crippen LogP contribution in [-0.2, 0) is 6.42 Å². The highest BCUT2D eigenvalue weighted by Gasteiger charge is 2.31. The van der Waals surface area contributed by atoms with E-state index in [0.717, 1.165) is 5.39 Å². The van der Waals surface area contributed by atoms with E-state index in [-0.39, 0.29) is 11.3 Å². The zero-order chi connectivity index (χ0) is 15.6. The van der Waals surface area contributed by atoms with Crippen LogP contribution in [0.4, 0.5) is 18.9 Å². The summed E-state index contributed by atoms with van der Waals surface area (Å²) in [6.07, 6.45) is 0.399. The number of nitrogens with one attached hydrogen (secondary N) is 1. The fourth-order valence-corrected chi connectivity index (χ4v) is 2.30. The van der Waals surface area contributed by atoms with E-state index in [0.29, 0.717) is 17.4 Å². The van der Waals surface area contributed by atoms with Crippen molar-refractivity contribution in [1.29, 1.82) is 0 Å². The fraction of sp³-hybridized carbons (Fsp3) is 0.267. The number of primary amides is 1. The topological polar surface area (TPSA) is 55.1 Å². The fourth-order valence-electron chi connectivity index (χ4n) is 2.30. The molecule has 0 atom stereocenters. The van der Waals surface area contributed by atoms with Crippen LogP contribution in [0.15, 0.2) is 30.3 Å². The molecule has 0 spiro atoms. The number of hydrogen-bond acceptors (Lipinski definition) is 2. The monoisotopic (exact) mass is 296 g/mol. The number of nitrogens with two attached hydrogens (primary N) is 1. The molecular weight excluding hydrogens is 281 g/mol. The van der Waals surface area contributed by atoms with Crippen LogP contribution in [0.3, 0.4) is 0 Å². The normalized spacial score (nSPS) is 11.6. The summed E-state index contributed by atoms with van der Waals surface area (Å²) in [6, 6.07) is 4.77. The standard InChI is InChI=1S/C15H15F3N2O/c1-2-9-7-10-5-3-4-6-11(10)12(14(19)21)13(9)20-15(17,18)8-16/h3-7,20H,2,8H2,1H3,(H2,19,21). The Kier molecular flexibility index (Phi) is 4.06. The molecule has 0 aliphatic heterocycles. The molecular formula is C15H15F3N2O. The lowest BCUT2D eigenvalue weighted by molar-refractivity contribution is 0.00673. The second-order valence-corrected chi connectivity index (χ2v) is 4.69. The summed E-state index contributed by atoms with van der Waals surface area (Å²) in [7, 11) is 0. The van der Waals surface area contributed by atoms with E-state index < -0.39 is 18.6 Å². The molecule has 0 aliphatic rings. The number of carbonyl (C=O) groups excluding carboxylic acids is 1. The van der Waals surface area contributed by atoms with Crippen LogP contribution in [0.5, 0.6) is 0 Å². The Morgan fingerprint density at radius 3 is 2.57 bits per heavy atom. The van der Waals surface area contributed by atoms with E-state index in [2.05, 4.69) is 0 Å². The Labute approximate surface area is 119 Å². The number of amides is 1. The van der Waals surface area contributed by atoms with Crippen molar-refractivity contribution in [2.24, 2.45) is 5.73 Å². The Morgan fingerprint density at radius 1 is 1.33 bits per heavy atom. The first-order chi connectivity index (χ1) is 9.89. The lowest BCUT2D eigenvalue weighted by atomic mass is 9.96. The van der Waals surface area contributed by atoms with Gasteiger partial charge in [-0.05, 0) is 28.8 Å². The zero-order valence-corrected chi connectivity index (χ0v) is 11.4. The van der Waals surface area contributed by atoms with Crippen LogP contribution < -0.4 is 11.1 Å². The highest BCUT2D eigenvalue weighted by Crippen LogP contribution is 2.33. The van der Waals surface area contributed by atoms with Crippen molar-refractivity contribution >= 4 is 22.4 Å². The van der Waals surface area contributed by atoms with Gasteiger partial charge >= 0.3 is 6.05 Å². The van der Waals surface area contributed by atoms with Gasteiger partial charge in [0.15, 0.2) is 6.67 Å². The third-order valence-electron chi connectivity index (χ3n) is 3.23. The SMILES string of the molecule is CCc1cc2ccccc2c(C(N)=O)c1NC(F)(F)CF.